The van der Waals surface area contributed by atoms with E-state index in [9.17, 15) is 9.59 Å². The van der Waals surface area contributed by atoms with Crippen molar-refractivity contribution in [1.29, 1.82) is 0 Å². The van der Waals surface area contributed by atoms with Crippen LogP contribution in [0.5, 0.6) is 0 Å². The predicted molar refractivity (Wildman–Crippen MR) is 88.0 cm³/mol. The standard InChI is InChI=1S/C14H21BrN4O2/c1-9(2)17-13(20)7-19(3)8-14(21)18-12-5-4-10(16)6-11(12)15/h4-6,9H,7-8,16H2,1-3H3,(H,17,20)(H,18,21). The lowest BCUT2D eigenvalue weighted by Gasteiger charge is -2.17. The van der Waals surface area contributed by atoms with E-state index in [1.54, 1.807) is 30.1 Å². The summed E-state index contributed by atoms with van der Waals surface area (Å²) in [5.74, 6) is -0.297. The van der Waals surface area contributed by atoms with E-state index >= 15 is 0 Å². The third-order valence-corrected chi connectivity index (χ3v) is 3.20. The van der Waals surface area contributed by atoms with E-state index in [-0.39, 0.29) is 30.9 Å². The molecule has 0 aliphatic heterocycles. The van der Waals surface area contributed by atoms with Gasteiger partial charge in [-0.15, -0.1) is 0 Å². The molecule has 0 unspecified atom stereocenters. The van der Waals surface area contributed by atoms with Gasteiger partial charge in [0, 0.05) is 16.2 Å². The van der Waals surface area contributed by atoms with E-state index in [1.807, 2.05) is 13.8 Å². The summed E-state index contributed by atoms with van der Waals surface area (Å²) >= 11 is 3.34. The number of likely N-dealkylation sites (N-methyl/N-ethyl adjacent to an activating group) is 1. The van der Waals surface area contributed by atoms with E-state index in [2.05, 4.69) is 26.6 Å². The first-order chi connectivity index (χ1) is 9.77. The van der Waals surface area contributed by atoms with Crippen molar-refractivity contribution in [3.05, 3.63) is 22.7 Å². The molecule has 0 aliphatic carbocycles. The lowest BCUT2D eigenvalue weighted by atomic mass is 10.3. The summed E-state index contributed by atoms with van der Waals surface area (Å²) in [7, 11) is 1.72. The highest BCUT2D eigenvalue weighted by Gasteiger charge is 2.12. The van der Waals surface area contributed by atoms with E-state index < -0.39 is 0 Å². The van der Waals surface area contributed by atoms with Crippen molar-refractivity contribution in [2.45, 2.75) is 19.9 Å². The maximum absolute atomic E-state index is 11.9. The Kier molecular flexibility index (Phi) is 6.64. The Labute approximate surface area is 133 Å². The number of benzene rings is 1. The number of hydrogen-bond donors (Lipinski definition) is 3. The minimum atomic E-state index is -0.194. The first-order valence-corrected chi connectivity index (χ1v) is 7.40. The van der Waals surface area contributed by atoms with Crippen LogP contribution in [0.1, 0.15) is 13.8 Å². The minimum absolute atomic E-state index is 0.0884. The minimum Gasteiger partial charge on any atom is -0.399 e. The maximum atomic E-state index is 11.9. The van der Waals surface area contributed by atoms with Crippen LogP contribution < -0.4 is 16.4 Å². The third kappa shape index (κ3) is 6.59. The van der Waals surface area contributed by atoms with Crippen LogP contribution in [0.4, 0.5) is 11.4 Å². The number of amides is 2. The Morgan fingerprint density at radius 3 is 2.48 bits per heavy atom. The van der Waals surface area contributed by atoms with Crippen molar-refractivity contribution in [1.82, 2.24) is 10.2 Å². The highest BCUT2D eigenvalue weighted by atomic mass is 79.9. The molecule has 0 saturated heterocycles. The summed E-state index contributed by atoms with van der Waals surface area (Å²) in [4.78, 5) is 25.2. The highest BCUT2D eigenvalue weighted by Crippen LogP contribution is 2.24. The predicted octanol–water partition coefficient (Wildman–Crippen LogP) is 1.43. The fraction of sp³-hybridized carbons (Fsp3) is 0.429. The monoisotopic (exact) mass is 356 g/mol. The van der Waals surface area contributed by atoms with Crippen LogP contribution in [0, 0.1) is 0 Å². The molecule has 0 atom stereocenters. The first-order valence-electron chi connectivity index (χ1n) is 6.60. The molecule has 116 valence electrons. The van der Waals surface area contributed by atoms with Crippen molar-refractivity contribution < 1.29 is 9.59 Å². The van der Waals surface area contributed by atoms with Gasteiger partial charge >= 0.3 is 0 Å². The van der Waals surface area contributed by atoms with Gasteiger partial charge in [-0.1, -0.05) is 0 Å². The van der Waals surface area contributed by atoms with Crippen LogP contribution in [0.3, 0.4) is 0 Å². The molecular formula is C14H21BrN4O2. The van der Waals surface area contributed by atoms with Crippen molar-refractivity contribution in [3.63, 3.8) is 0 Å². The first kappa shape index (κ1) is 17.5. The lowest BCUT2D eigenvalue weighted by molar-refractivity contribution is -0.123. The van der Waals surface area contributed by atoms with Gasteiger partial charge in [0.25, 0.3) is 0 Å². The summed E-state index contributed by atoms with van der Waals surface area (Å²) in [6.45, 7) is 4.09. The Bertz CT molecular complexity index is 520. The van der Waals surface area contributed by atoms with Gasteiger partial charge < -0.3 is 16.4 Å². The largest absolute Gasteiger partial charge is 0.399 e. The van der Waals surface area contributed by atoms with Crippen LogP contribution in [-0.2, 0) is 9.59 Å². The molecule has 6 nitrogen and oxygen atoms in total. The second-order valence-electron chi connectivity index (χ2n) is 5.18. The molecule has 2 amide bonds. The molecule has 21 heavy (non-hydrogen) atoms. The third-order valence-electron chi connectivity index (χ3n) is 2.54. The number of nitrogens with one attached hydrogen (secondary N) is 2. The van der Waals surface area contributed by atoms with E-state index in [0.717, 1.165) is 4.47 Å². The quantitative estimate of drug-likeness (QED) is 0.672. The normalized spacial score (nSPS) is 10.8. The molecular weight excluding hydrogens is 336 g/mol. The number of nitrogens with zero attached hydrogens (tertiary/aromatic N) is 1. The van der Waals surface area contributed by atoms with E-state index in [4.69, 9.17) is 5.73 Å². The molecule has 7 heteroatoms. The summed E-state index contributed by atoms with van der Waals surface area (Å²) in [6.07, 6.45) is 0. The Hall–Kier alpha value is -1.60. The molecule has 1 aromatic rings. The smallest absolute Gasteiger partial charge is 0.238 e. The Morgan fingerprint density at radius 2 is 1.90 bits per heavy atom. The summed E-state index contributed by atoms with van der Waals surface area (Å²) in [6, 6.07) is 5.24. The molecule has 4 N–H and O–H groups in total. The second kappa shape index (κ2) is 7.99. The molecule has 0 aliphatic rings. The molecule has 0 bridgehead atoms. The van der Waals surface area contributed by atoms with E-state index in [1.165, 1.54) is 0 Å². The van der Waals surface area contributed by atoms with Crippen LogP contribution in [0.2, 0.25) is 0 Å². The number of nitrogen functional groups attached to an aromatic ring is 1. The van der Waals surface area contributed by atoms with Crippen LogP contribution in [0.15, 0.2) is 22.7 Å². The summed E-state index contributed by atoms with van der Waals surface area (Å²) in [5.41, 5.74) is 6.90. The van der Waals surface area contributed by atoms with E-state index in [0.29, 0.717) is 11.4 Å². The number of halogens is 1. The molecule has 0 heterocycles. The van der Waals surface area contributed by atoms with Gasteiger partial charge in [0.2, 0.25) is 11.8 Å². The van der Waals surface area contributed by atoms with Gasteiger partial charge in [-0.05, 0) is 55.0 Å². The molecule has 0 spiro atoms. The number of nitrogens with two attached hydrogens (primary N) is 1. The molecule has 1 rings (SSSR count). The fourth-order valence-electron chi connectivity index (χ4n) is 1.74. The zero-order valence-electron chi connectivity index (χ0n) is 12.4. The Balaban J connectivity index is 2.47. The van der Waals surface area contributed by atoms with Crippen molar-refractivity contribution in [2.24, 2.45) is 0 Å². The van der Waals surface area contributed by atoms with Crippen molar-refractivity contribution in [3.8, 4) is 0 Å². The number of anilines is 2. The van der Waals surface area contributed by atoms with Gasteiger partial charge in [0.15, 0.2) is 0 Å². The number of carbonyl (C=O) groups excluding carboxylic acids is 2. The number of rotatable bonds is 6. The average Bonchev–Trinajstić information content (AvgIpc) is 2.31. The zero-order chi connectivity index (χ0) is 16.0. The van der Waals surface area contributed by atoms with Gasteiger partial charge in [-0.25, -0.2) is 0 Å². The topological polar surface area (TPSA) is 87.5 Å². The van der Waals surface area contributed by atoms with Crippen LogP contribution in [-0.4, -0.2) is 42.9 Å². The summed E-state index contributed by atoms with van der Waals surface area (Å²) in [5, 5.41) is 5.55. The Morgan fingerprint density at radius 1 is 1.29 bits per heavy atom. The van der Waals surface area contributed by atoms with Gasteiger partial charge in [-0.3, -0.25) is 14.5 Å². The zero-order valence-corrected chi connectivity index (χ0v) is 14.0. The molecule has 0 saturated carbocycles. The van der Waals surface area contributed by atoms with Crippen molar-refractivity contribution in [2.75, 3.05) is 31.2 Å². The van der Waals surface area contributed by atoms with Gasteiger partial charge in [0.1, 0.15) is 0 Å². The SMILES string of the molecule is CC(C)NC(=O)CN(C)CC(=O)Nc1ccc(N)cc1Br. The highest BCUT2D eigenvalue weighted by molar-refractivity contribution is 9.10. The summed E-state index contributed by atoms with van der Waals surface area (Å²) < 4.78 is 0.719. The molecule has 0 radical (unpaired) electrons. The van der Waals surface area contributed by atoms with Gasteiger partial charge in [0.05, 0.1) is 18.8 Å². The second-order valence-corrected chi connectivity index (χ2v) is 6.04. The van der Waals surface area contributed by atoms with Crippen LogP contribution in [0.25, 0.3) is 0 Å². The fourth-order valence-corrected chi connectivity index (χ4v) is 2.23. The van der Waals surface area contributed by atoms with Crippen molar-refractivity contribution >= 4 is 39.1 Å². The molecule has 1 aromatic carbocycles. The lowest BCUT2D eigenvalue weighted by Crippen LogP contribution is -2.41. The molecule has 0 aromatic heterocycles. The van der Waals surface area contributed by atoms with Crippen LogP contribution >= 0.6 is 15.9 Å². The molecule has 0 fully saturated rings. The maximum Gasteiger partial charge on any atom is 0.238 e. The number of carbonyl (C=O) groups is 2. The average molecular weight is 357 g/mol. The number of hydrogen-bond acceptors (Lipinski definition) is 4. The van der Waals surface area contributed by atoms with Gasteiger partial charge in [-0.2, -0.15) is 0 Å².